The van der Waals surface area contributed by atoms with Crippen molar-refractivity contribution >= 4 is 34.5 Å². The van der Waals surface area contributed by atoms with Crippen molar-refractivity contribution in [1.82, 2.24) is 29.7 Å². The number of ether oxygens (including phenoxy) is 1. The minimum Gasteiger partial charge on any atom is -0.481 e. The summed E-state index contributed by atoms with van der Waals surface area (Å²) in [5, 5.41) is 22.8. The van der Waals surface area contributed by atoms with Crippen molar-refractivity contribution in [2.75, 3.05) is 12.4 Å². The molecule has 0 unspecified atom stereocenters. The Balaban J connectivity index is 0.000000331. The van der Waals surface area contributed by atoms with E-state index >= 15 is 0 Å². The highest BCUT2D eigenvalue weighted by Gasteiger charge is 2.38. The van der Waals surface area contributed by atoms with Gasteiger partial charge in [-0.3, -0.25) is 0 Å². The molecule has 236 valence electrons. The third-order valence-corrected chi connectivity index (χ3v) is 5.35. The Morgan fingerprint density at radius 1 is 0.844 bits per heavy atom. The van der Waals surface area contributed by atoms with Gasteiger partial charge in [-0.15, -0.1) is 0 Å². The first-order valence-corrected chi connectivity index (χ1v) is 12.2. The molecule has 3 N–H and O–H groups in total. The van der Waals surface area contributed by atoms with Crippen molar-refractivity contribution in [2.24, 2.45) is 0 Å². The lowest BCUT2D eigenvalue weighted by Crippen LogP contribution is -2.21. The van der Waals surface area contributed by atoms with Gasteiger partial charge in [0.05, 0.1) is 18.3 Å². The third kappa shape index (κ3) is 9.60. The summed E-state index contributed by atoms with van der Waals surface area (Å²) in [5.74, 6) is -3.69. The molecule has 0 aliphatic carbocycles. The lowest BCUT2D eigenvalue weighted by molar-refractivity contribution is -0.193. The summed E-state index contributed by atoms with van der Waals surface area (Å²) in [4.78, 5) is 35.5. The molecule has 0 saturated heterocycles. The molecule has 0 radical (unpaired) electrons. The maximum Gasteiger partial charge on any atom is 0.490 e. The number of anilines is 2. The topological polar surface area (TPSA) is 165 Å². The Kier molecular flexibility index (Phi) is 10.6. The van der Waals surface area contributed by atoms with E-state index < -0.39 is 24.3 Å². The predicted octanol–water partition coefficient (Wildman–Crippen LogP) is 5.60. The number of pyridine rings is 1. The predicted molar refractivity (Wildman–Crippen MR) is 146 cm³/mol. The monoisotopic (exact) mass is 637 g/mol. The molecule has 3 heterocycles. The van der Waals surface area contributed by atoms with Gasteiger partial charge in [0.1, 0.15) is 12.2 Å². The number of benzene rings is 2. The van der Waals surface area contributed by atoms with Gasteiger partial charge in [-0.25, -0.2) is 34.2 Å². The van der Waals surface area contributed by atoms with E-state index in [0.29, 0.717) is 11.8 Å². The minimum absolute atomic E-state index is 0.519. The smallest absolute Gasteiger partial charge is 0.481 e. The van der Waals surface area contributed by atoms with Crippen LogP contribution in [0.2, 0.25) is 0 Å². The summed E-state index contributed by atoms with van der Waals surface area (Å²) >= 11 is 0. The second-order valence-electron chi connectivity index (χ2n) is 8.54. The number of aliphatic carboxylic acids is 2. The van der Waals surface area contributed by atoms with Crippen LogP contribution in [0.25, 0.3) is 27.7 Å². The van der Waals surface area contributed by atoms with Crippen LogP contribution in [-0.4, -0.2) is 71.3 Å². The molecule has 0 spiro atoms. The molecule has 45 heavy (non-hydrogen) atoms. The molecule has 18 heteroatoms. The van der Waals surface area contributed by atoms with Crippen LogP contribution in [0, 0.1) is 6.92 Å². The van der Waals surface area contributed by atoms with Gasteiger partial charge in [0, 0.05) is 40.7 Å². The van der Waals surface area contributed by atoms with Crippen molar-refractivity contribution < 1.29 is 50.9 Å². The summed E-state index contributed by atoms with van der Waals surface area (Å²) in [7, 11) is 1.60. The van der Waals surface area contributed by atoms with Crippen LogP contribution in [0.4, 0.5) is 38.0 Å². The van der Waals surface area contributed by atoms with Crippen molar-refractivity contribution in [3.05, 3.63) is 79.1 Å². The largest absolute Gasteiger partial charge is 0.490 e. The SMILES string of the molecule is COc1ccc(-c2cccc3cnc(Nc4ccc(-n5cnc(C)n5)cc4)nc23)cn1.O=C(O)C(F)(F)F.O=C(O)C(F)(F)F. The fourth-order valence-corrected chi connectivity index (χ4v) is 3.31. The molecule has 0 aliphatic rings. The molecule has 5 aromatic rings. The van der Waals surface area contributed by atoms with Crippen LogP contribution < -0.4 is 10.1 Å². The van der Waals surface area contributed by atoms with Gasteiger partial charge in [-0.05, 0) is 37.3 Å². The Bertz CT molecular complexity index is 1740. The summed E-state index contributed by atoms with van der Waals surface area (Å²) in [6, 6.07) is 17.7. The van der Waals surface area contributed by atoms with Crippen molar-refractivity contribution in [3.63, 3.8) is 0 Å². The van der Waals surface area contributed by atoms with Crippen LogP contribution in [0.15, 0.2) is 73.3 Å². The molecule has 0 aliphatic heterocycles. The molecule has 0 saturated carbocycles. The van der Waals surface area contributed by atoms with Crippen molar-refractivity contribution in [2.45, 2.75) is 19.3 Å². The molecule has 5 rings (SSSR count). The quantitative estimate of drug-likeness (QED) is 0.205. The van der Waals surface area contributed by atoms with Crippen LogP contribution in [-0.2, 0) is 9.59 Å². The first-order chi connectivity index (χ1) is 21.1. The van der Waals surface area contributed by atoms with E-state index in [1.54, 1.807) is 24.3 Å². The van der Waals surface area contributed by atoms with Crippen LogP contribution in [0.1, 0.15) is 5.82 Å². The molecule has 3 aromatic heterocycles. The van der Waals surface area contributed by atoms with Crippen LogP contribution in [0.3, 0.4) is 0 Å². The zero-order valence-corrected chi connectivity index (χ0v) is 23.0. The maximum atomic E-state index is 10.6. The second kappa shape index (κ2) is 14.1. The number of carboxylic acid groups (broad SMARTS) is 2. The molecular formula is C27H21F6N7O5. The summed E-state index contributed by atoms with van der Waals surface area (Å²) in [5.41, 5.74) is 4.60. The van der Waals surface area contributed by atoms with Crippen molar-refractivity contribution in [3.8, 4) is 22.7 Å². The summed E-state index contributed by atoms with van der Waals surface area (Å²) in [6.45, 7) is 1.86. The number of nitrogens with zero attached hydrogens (tertiary/aromatic N) is 6. The second-order valence-corrected chi connectivity index (χ2v) is 8.54. The Hall–Kier alpha value is -5.81. The minimum atomic E-state index is -5.08. The number of fused-ring (bicyclic) bond motifs is 1. The summed E-state index contributed by atoms with van der Waals surface area (Å²) in [6.07, 6.45) is -4.87. The van der Waals surface area contributed by atoms with Gasteiger partial charge in [-0.2, -0.15) is 31.4 Å². The Morgan fingerprint density at radius 2 is 1.47 bits per heavy atom. The average Bonchev–Trinajstić information content (AvgIpc) is 3.43. The molecule has 0 fully saturated rings. The molecule has 12 nitrogen and oxygen atoms in total. The highest BCUT2D eigenvalue weighted by molar-refractivity contribution is 5.93. The average molecular weight is 637 g/mol. The molecule has 0 amide bonds. The van der Waals surface area contributed by atoms with E-state index in [9.17, 15) is 26.3 Å². The van der Waals surface area contributed by atoms with E-state index in [1.165, 1.54) is 0 Å². The fraction of sp³-hybridized carbons (Fsp3) is 0.148. The first-order valence-electron chi connectivity index (χ1n) is 12.2. The normalized spacial score (nSPS) is 11.0. The molecule has 0 atom stereocenters. The number of rotatable bonds is 5. The number of hydrogen-bond acceptors (Lipinski definition) is 9. The zero-order chi connectivity index (χ0) is 33.4. The van der Waals surface area contributed by atoms with Gasteiger partial charge in [0.2, 0.25) is 11.8 Å². The lowest BCUT2D eigenvalue weighted by atomic mass is 10.0. The number of carbonyl (C=O) groups is 2. The highest BCUT2D eigenvalue weighted by atomic mass is 19.4. The van der Waals surface area contributed by atoms with E-state index in [2.05, 4.69) is 25.4 Å². The van der Waals surface area contributed by atoms with Gasteiger partial charge < -0.3 is 20.3 Å². The Labute approximate surface area is 249 Å². The number of hydrogen-bond donors (Lipinski definition) is 3. The number of nitrogens with one attached hydrogen (secondary N) is 1. The van der Waals surface area contributed by atoms with Crippen LogP contribution in [0.5, 0.6) is 5.88 Å². The third-order valence-electron chi connectivity index (χ3n) is 5.35. The number of aryl methyl sites for hydroxylation is 1. The van der Waals surface area contributed by atoms with Gasteiger partial charge in [-0.1, -0.05) is 18.2 Å². The molecular weight excluding hydrogens is 616 g/mol. The lowest BCUT2D eigenvalue weighted by Gasteiger charge is -2.10. The van der Waals surface area contributed by atoms with E-state index in [0.717, 1.165) is 39.2 Å². The number of aromatic nitrogens is 6. The number of carboxylic acids is 2. The molecule has 0 bridgehead atoms. The fourth-order valence-electron chi connectivity index (χ4n) is 3.31. The van der Waals surface area contributed by atoms with E-state index in [4.69, 9.17) is 29.5 Å². The standard InChI is InChI=1S/C23H19N7O.2C2HF3O2/c1-15-26-14-30(29-15)19-9-7-18(8-10-19)27-23-25-13-17-4-3-5-20(22(17)28-23)16-6-11-21(31-2)24-12-16;2*3-2(4,5)1(6)7/h3-14H,1-2H3,(H,25,27,28);2*(H,6,7). The van der Waals surface area contributed by atoms with Crippen LogP contribution >= 0.6 is 0 Å². The summed E-state index contributed by atoms with van der Waals surface area (Å²) < 4.78 is 70.4. The molecule has 2 aromatic carbocycles. The highest BCUT2D eigenvalue weighted by Crippen LogP contribution is 2.28. The Morgan fingerprint density at radius 3 is 1.96 bits per heavy atom. The van der Waals surface area contributed by atoms with E-state index in [1.807, 2.05) is 67.7 Å². The van der Waals surface area contributed by atoms with Gasteiger partial charge in [0.25, 0.3) is 0 Å². The zero-order valence-electron chi connectivity index (χ0n) is 23.0. The number of alkyl halides is 6. The van der Waals surface area contributed by atoms with Gasteiger partial charge in [0.15, 0.2) is 0 Å². The number of methoxy groups -OCH3 is 1. The van der Waals surface area contributed by atoms with Gasteiger partial charge >= 0.3 is 24.3 Å². The number of halogens is 6. The maximum absolute atomic E-state index is 10.6. The number of para-hydroxylation sites is 1. The van der Waals surface area contributed by atoms with Crippen molar-refractivity contribution in [1.29, 1.82) is 0 Å². The van der Waals surface area contributed by atoms with E-state index in [-0.39, 0.29) is 0 Å². The first kappa shape index (κ1) is 33.7.